The fourth-order valence-corrected chi connectivity index (χ4v) is 3.84. The summed E-state index contributed by atoms with van der Waals surface area (Å²) in [6, 6.07) is 4.57. The van der Waals surface area contributed by atoms with E-state index < -0.39 is 0 Å². The van der Waals surface area contributed by atoms with E-state index in [0.29, 0.717) is 12.0 Å². The highest BCUT2D eigenvalue weighted by Crippen LogP contribution is 2.32. The second kappa shape index (κ2) is 5.64. The van der Waals surface area contributed by atoms with Crippen LogP contribution in [0, 0.1) is 18.3 Å². The molecule has 0 bridgehead atoms. The van der Waals surface area contributed by atoms with E-state index in [2.05, 4.69) is 21.8 Å². The highest BCUT2D eigenvalue weighted by atomic mass is 15.2. The van der Waals surface area contributed by atoms with E-state index in [9.17, 15) is 0 Å². The number of nitrogens with two attached hydrogens (primary N) is 1. The number of aromatic nitrogens is 1. The maximum atomic E-state index is 7.78. The van der Waals surface area contributed by atoms with Crippen LogP contribution in [0.3, 0.4) is 0 Å². The number of nitrogens with one attached hydrogen (secondary N) is 1. The first-order chi connectivity index (χ1) is 10.1. The summed E-state index contributed by atoms with van der Waals surface area (Å²) in [6.45, 7) is 5.26. The lowest BCUT2D eigenvalue weighted by atomic mass is 9.84. The third-order valence-corrected chi connectivity index (χ3v) is 4.95. The molecule has 2 saturated heterocycles. The maximum Gasteiger partial charge on any atom is 0.139 e. The van der Waals surface area contributed by atoms with Gasteiger partial charge in [0.2, 0.25) is 0 Å². The molecule has 114 valence electrons. The van der Waals surface area contributed by atoms with Gasteiger partial charge in [-0.25, -0.2) is 4.98 Å². The Morgan fingerprint density at radius 3 is 2.90 bits per heavy atom. The molecule has 3 N–H and O–H groups in total. The molecule has 3 heterocycles. The third-order valence-electron chi connectivity index (χ3n) is 4.95. The van der Waals surface area contributed by atoms with Gasteiger partial charge in [0.15, 0.2) is 0 Å². The van der Waals surface area contributed by atoms with Gasteiger partial charge in [0.1, 0.15) is 11.7 Å². The van der Waals surface area contributed by atoms with Gasteiger partial charge in [0.25, 0.3) is 0 Å². The lowest BCUT2D eigenvalue weighted by Gasteiger charge is -2.46. The number of fused-ring (bicyclic) bond motifs is 1. The molecule has 0 amide bonds. The van der Waals surface area contributed by atoms with E-state index in [-0.39, 0.29) is 5.84 Å². The van der Waals surface area contributed by atoms with Crippen molar-refractivity contribution < 1.29 is 0 Å². The highest BCUT2D eigenvalue weighted by Gasteiger charge is 2.35. The number of anilines is 1. The number of nitrogen functional groups attached to an aromatic ring is 1. The zero-order valence-corrected chi connectivity index (χ0v) is 13.0. The van der Waals surface area contributed by atoms with Crippen molar-refractivity contribution in [3.05, 3.63) is 23.4 Å². The van der Waals surface area contributed by atoms with Crippen LogP contribution in [0.25, 0.3) is 0 Å². The summed E-state index contributed by atoms with van der Waals surface area (Å²) in [4.78, 5) is 9.52. The van der Waals surface area contributed by atoms with Crippen LogP contribution in [0.1, 0.15) is 30.5 Å². The minimum atomic E-state index is 0.111. The van der Waals surface area contributed by atoms with E-state index in [0.717, 1.165) is 30.2 Å². The summed E-state index contributed by atoms with van der Waals surface area (Å²) in [5.74, 6) is 1.72. The van der Waals surface area contributed by atoms with Gasteiger partial charge in [-0.15, -0.1) is 0 Å². The SMILES string of the molecule is Cc1ccc(C(=N)N)c(N2CCC3C(CCCN3C)C2)n1. The van der Waals surface area contributed by atoms with Crippen LogP contribution in [0.4, 0.5) is 5.82 Å². The second-order valence-electron chi connectivity index (χ2n) is 6.42. The fraction of sp³-hybridized carbons (Fsp3) is 0.625. The third kappa shape index (κ3) is 2.75. The number of pyridine rings is 1. The van der Waals surface area contributed by atoms with Crippen LogP contribution in [0.15, 0.2) is 12.1 Å². The molecular weight excluding hydrogens is 262 g/mol. The van der Waals surface area contributed by atoms with E-state index in [1.54, 1.807) is 0 Å². The lowest BCUT2D eigenvalue weighted by molar-refractivity contribution is 0.102. The van der Waals surface area contributed by atoms with Gasteiger partial charge in [-0.05, 0) is 57.8 Å². The van der Waals surface area contributed by atoms with Gasteiger partial charge >= 0.3 is 0 Å². The fourth-order valence-electron chi connectivity index (χ4n) is 3.84. The van der Waals surface area contributed by atoms with Crippen molar-refractivity contribution in [2.24, 2.45) is 11.7 Å². The molecule has 1 aromatic rings. The predicted molar refractivity (Wildman–Crippen MR) is 86.0 cm³/mol. The molecule has 2 unspecified atom stereocenters. The summed E-state index contributed by atoms with van der Waals surface area (Å²) >= 11 is 0. The Balaban J connectivity index is 1.85. The van der Waals surface area contributed by atoms with Gasteiger partial charge in [-0.1, -0.05) is 0 Å². The number of nitrogens with zero attached hydrogens (tertiary/aromatic N) is 3. The van der Waals surface area contributed by atoms with Crippen LogP contribution in [-0.2, 0) is 0 Å². The molecule has 21 heavy (non-hydrogen) atoms. The Morgan fingerprint density at radius 2 is 2.14 bits per heavy atom. The normalized spacial score (nSPS) is 26.5. The topological polar surface area (TPSA) is 69.2 Å². The van der Waals surface area contributed by atoms with Crippen LogP contribution in [0.2, 0.25) is 0 Å². The molecule has 0 radical (unpaired) electrons. The van der Waals surface area contributed by atoms with Crippen molar-refractivity contribution in [3.63, 3.8) is 0 Å². The Hall–Kier alpha value is -1.62. The zero-order valence-electron chi connectivity index (χ0n) is 13.0. The number of aryl methyl sites for hydroxylation is 1. The van der Waals surface area contributed by atoms with Crippen molar-refractivity contribution in [2.75, 3.05) is 31.6 Å². The zero-order chi connectivity index (χ0) is 15.0. The Morgan fingerprint density at radius 1 is 1.33 bits per heavy atom. The van der Waals surface area contributed by atoms with Gasteiger partial charge in [-0.3, -0.25) is 5.41 Å². The molecule has 0 aliphatic carbocycles. The molecule has 2 atom stereocenters. The van der Waals surface area contributed by atoms with E-state index in [4.69, 9.17) is 11.1 Å². The number of piperidine rings is 2. The Bertz CT molecular complexity index is 541. The quantitative estimate of drug-likeness (QED) is 0.640. The Labute approximate surface area is 126 Å². The number of amidine groups is 1. The van der Waals surface area contributed by atoms with Gasteiger partial charge < -0.3 is 15.5 Å². The molecule has 1 aromatic heterocycles. The van der Waals surface area contributed by atoms with E-state index >= 15 is 0 Å². The lowest BCUT2D eigenvalue weighted by Crippen LogP contribution is -2.53. The summed E-state index contributed by atoms with van der Waals surface area (Å²) in [6.07, 6.45) is 3.76. The van der Waals surface area contributed by atoms with E-state index in [1.807, 2.05) is 19.1 Å². The van der Waals surface area contributed by atoms with Crippen molar-refractivity contribution in [3.8, 4) is 0 Å². The summed E-state index contributed by atoms with van der Waals surface area (Å²) in [5.41, 5.74) is 7.48. The molecule has 5 nitrogen and oxygen atoms in total. The summed E-state index contributed by atoms with van der Waals surface area (Å²) < 4.78 is 0. The van der Waals surface area contributed by atoms with Crippen LogP contribution < -0.4 is 10.6 Å². The van der Waals surface area contributed by atoms with Crippen molar-refractivity contribution >= 4 is 11.7 Å². The molecule has 2 aliphatic rings. The first-order valence-corrected chi connectivity index (χ1v) is 7.83. The second-order valence-corrected chi connectivity index (χ2v) is 6.42. The van der Waals surface area contributed by atoms with Crippen LogP contribution in [0.5, 0.6) is 0 Å². The molecule has 5 heteroatoms. The average Bonchev–Trinajstić information content (AvgIpc) is 2.46. The van der Waals surface area contributed by atoms with E-state index in [1.165, 1.54) is 25.8 Å². The molecule has 2 aliphatic heterocycles. The number of likely N-dealkylation sites (tertiary alicyclic amines) is 1. The van der Waals surface area contributed by atoms with Gasteiger partial charge in [-0.2, -0.15) is 0 Å². The number of rotatable bonds is 2. The molecule has 2 fully saturated rings. The Kier molecular flexibility index (Phi) is 3.85. The van der Waals surface area contributed by atoms with Crippen molar-refractivity contribution in [1.29, 1.82) is 5.41 Å². The molecule has 3 rings (SSSR count). The van der Waals surface area contributed by atoms with Crippen molar-refractivity contribution in [1.82, 2.24) is 9.88 Å². The minimum Gasteiger partial charge on any atom is -0.384 e. The molecular formula is C16H25N5. The molecule has 0 spiro atoms. The predicted octanol–water partition coefficient (Wildman–Crippen LogP) is 1.59. The first kappa shape index (κ1) is 14.3. The maximum absolute atomic E-state index is 7.78. The number of hydrogen-bond acceptors (Lipinski definition) is 4. The van der Waals surface area contributed by atoms with Crippen LogP contribution in [-0.4, -0.2) is 48.4 Å². The summed E-state index contributed by atoms with van der Waals surface area (Å²) in [7, 11) is 2.25. The smallest absolute Gasteiger partial charge is 0.139 e. The summed E-state index contributed by atoms with van der Waals surface area (Å²) in [5, 5.41) is 7.78. The first-order valence-electron chi connectivity index (χ1n) is 7.83. The van der Waals surface area contributed by atoms with Gasteiger partial charge in [0, 0.05) is 24.8 Å². The average molecular weight is 287 g/mol. The van der Waals surface area contributed by atoms with Crippen molar-refractivity contribution in [2.45, 2.75) is 32.2 Å². The monoisotopic (exact) mass is 287 g/mol. The molecule has 0 aromatic carbocycles. The standard InChI is InChI=1S/C16H25N5/c1-11-5-6-13(15(17)18)16(19-11)21-9-7-14-12(10-21)4-3-8-20(14)2/h5-6,12,14H,3-4,7-10H2,1-2H3,(H3,17,18). The number of hydrogen-bond donors (Lipinski definition) is 2. The van der Waals surface area contributed by atoms with Gasteiger partial charge in [0.05, 0.1) is 5.56 Å². The van der Waals surface area contributed by atoms with Crippen LogP contribution >= 0.6 is 0 Å². The largest absolute Gasteiger partial charge is 0.384 e. The molecule has 0 saturated carbocycles. The minimum absolute atomic E-state index is 0.111. The highest BCUT2D eigenvalue weighted by molar-refractivity contribution is 5.99.